The molecule has 9 heteroatoms. The molecule has 9 nitrogen and oxygen atoms in total. The number of furan rings is 1. The fourth-order valence-electron chi connectivity index (χ4n) is 3.08. The zero-order valence-corrected chi connectivity index (χ0v) is 15.7. The van der Waals surface area contributed by atoms with E-state index >= 15 is 0 Å². The molecule has 29 heavy (non-hydrogen) atoms. The van der Waals surface area contributed by atoms with Crippen LogP contribution in [0.1, 0.15) is 25.5 Å². The lowest BCUT2D eigenvalue weighted by atomic mass is 9.87. The van der Waals surface area contributed by atoms with E-state index in [1.54, 1.807) is 32.0 Å². The number of nitro groups is 1. The highest BCUT2D eigenvalue weighted by Crippen LogP contribution is 2.41. The van der Waals surface area contributed by atoms with Gasteiger partial charge in [0.25, 0.3) is 5.69 Å². The summed E-state index contributed by atoms with van der Waals surface area (Å²) in [7, 11) is 0. The van der Waals surface area contributed by atoms with Crippen molar-refractivity contribution in [1.82, 2.24) is 0 Å². The van der Waals surface area contributed by atoms with Crippen LogP contribution < -0.4 is 5.73 Å². The van der Waals surface area contributed by atoms with E-state index in [0.717, 1.165) is 0 Å². The Morgan fingerprint density at radius 1 is 1.38 bits per heavy atom. The molecule has 0 unspecified atom stereocenters. The van der Waals surface area contributed by atoms with E-state index in [4.69, 9.17) is 19.6 Å². The zero-order chi connectivity index (χ0) is 21.1. The SMILES string of the molecule is CCOC(=O)C1=C(C)OC(N)=C(C#N)[C@H]1c1ccc(-c2cccc([N+](=O)[O-])c2)o1. The van der Waals surface area contributed by atoms with E-state index in [2.05, 4.69) is 0 Å². The average Bonchev–Trinajstić information content (AvgIpc) is 3.17. The first-order chi connectivity index (χ1) is 13.9. The van der Waals surface area contributed by atoms with Crippen LogP contribution in [-0.2, 0) is 14.3 Å². The number of ether oxygens (including phenoxy) is 2. The molecule has 3 rings (SSSR count). The second-order valence-corrected chi connectivity index (χ2v) is 6.12. The summed E-state index contributed by atoms with van der Waals surface area (Å²) in [5.74, 6) is -0.887. The van der Waals surface area contributed by atoms with Crippen molar-refractivity contribution in [2.45, 2.75) is 19.8 Å². The maximum absolute atomic E-state index is 12.5. The van der Waals surface area contributed by atoms with Gasteiger partial charge in [-0.25, -0.2) is 4.79 Å². The van der Waals surface area contributed by atoms with Gasteiger partial charge in [0, 0.05) is 17.7 Å². The normalized spacial score (nSPS) is 16.2. The van der Waals surface area contributed by atoms with Crippen molar-refractivity contribution in [1.29, 1.82) is 5.26 Å². The third-order valence-electron chi connectivity index (χ3n) is 4.35. The zero-order valence-electron chi connectivity index (χ0n) is 15.7. The number of hydrogen-bond acceptors (Lipinski definition) is 8. The Bertz CT molecular complexity index is 1090. The third-order valence-corrected chi connectivity index (χ3v) is 4.35. The number of allylic oxidation sites excluding steroid dienone is 2. The summed E-state index contributed by atoms with van der Waals surface area (Å²) in [5, 5.41) is 20.6. The van der Waals surface area contributed by atoms with E-state index in [1.807, 2.05) is 6.07 Å². The summed E-state index contributed by atoms with van der Waals surface area (Å²) < 4.78 is 16.3. The maximum atomic E-state index is 12.5. The lowest BCUT2D eigenvalue weighted by Gasteiger charge is -2.25. The van der Waals surface area contributed by atoms with E-state index < -0.39 is 16.8 Å². The van der Waals surface area contributed by atoms with Crippen molar-refractivity contribution in [2.24, 2.45) is 5.73 Å². The number of hydrogen-bond donors (Lipinski definition) is 1. The van der Waals surface area contributed by atoms with Crippen LogP contribution in [0.25, 0.3) is 11.3 Å². The van der Waals surface area contributed by atoms with Crippen LogP contribution in [0.4, 0.5) is 5.69 Å². The lowest BCUT2D eigenvalue weighted by molar-refractivity contribution is -0.384. The number of benzene rings is 1. The molecule has 1 aliphatic heterocycles. The van der Waals surface area contributed by atoms with Crippen LogP contribution >= 0.6 is 0 Å². The molecule has 1 aromatic carbocycles. The van der Waals surface area contributed by atoms with Crippen molar-refractivity contribution >= 4 is 11.7 Å². The van der Waals surface area contributed by atoms with Gasteiger partial charge in [-0.05, 0) is 26.0 Å². The van der Waals surface area contributed by atoms with Crippen molar-refractivity contribution in [3.8, 4) is 17.4 Å². The number of rotatable bonds is 5. The molecular formula is C20H17N3O6. The van der Waals surface area contributed by atoms with Gasteiger partial charge in [0.05, 0.1) is 23.0 Å². The first kappa shape index (κ1) is 19.7. The number of nitrogens with two attached hydrogens (primary N) is 1. The minimum Gasteiger partial charge on any atom is -0.463 e. The molecule has 0 saturated carbocycles. The van der Waals surface area contributed by atoms with E-state index in [0.29, 0.717) is 11.3 Å². The fourth-order valence-corrected chi connectivity index (χ4v) is 3.08. The minimum absolute atomic E-state index is 0.0126. The van der Waals surface area contributed by atoms with E-state index in [-0.39, 0.29) is 40.8 Å². The Morgan fingerprint density at radius 2 is 2.14 bits per heavy atom. The van der Waals surface area contributed by atoms with Crippen LogP contribution in [0.5, 0.6) is 0 Å². The van der Waals surface area contributed by atoms with Crippen LogP contribution in [0.3, 0.4) is 0 Å². The molecule has 148 valence electrons. The van der Waals surface area contributed by atoms with Gasteiger partial charge >= 0.3 is 5.97 Å². The molecule has 0 amide bonds. The van der Waals surface area contributed by atoms with Crippen LogP contribution in [-0.4, -0.2) is 17.5 Å². The highest BCUT2D eigenvalue weighted by atomic mass is 16.6. The number of carbonyl (C=O) groups excluding carboxylic acids is 1. The third kappa shape index (κ3) is 3.68. The Kier molecular flexibility index (Phi) is 5.36. The van der Waals surface area contributed by atoms with Gasteiger partial charge in [-0.15, -0.1) is 0 Å². The van der Waals surface area contributed by atoms with Crippen LogP contribution in [0.15, 0.2) is 63.6 Å². The van der Waals surface area contributed by atoms with Crippen LogP contribution in [0.2, 0.25) is 0 Å². The molecule has 0 spiro atoms. The monoisotopic (exact) mass is 395 g/mol. The van der Waals surface area contributed by atoms with Gasteiger partial charge in [0.2, 0.25) is 5.88 Å². The van der Waals surface area contributed by atoms with Crippen molar-refractivity contribution in [3.63, 3.8) is 0 Å². The van der Waals surface area contributed by atoms with Crippen molar-refractivity contribution < 1.29 is 23.6 Å². The predicted molar refractivity (Wildman–Crippen MR) is 101 cm³/mol. The quantitative estimate of drug-likeness (QED) is 0.460. The lowest BCUT2D eigenvalue weighted by Crippen LogP contribution is -2.25. The molecule has 2 N–H and O–H groups in total. The first-order valence-corrected chi connectivity index (χ1v) is 8.67. The molecular weight excluding hydrogens is 378 g/mol. The largest absolute Gasteiger partial charge is 0.463 e. The van der Waals surface area contributed by atoms with Gasteiger partial charge < -0.3 is 19.6 Å². The number of non-ortho nitro benzene ring substituents is 1. The Labute approximate surface area is 165 Å². The summed E-state index contributed by atoms with van der Waals surface area (Å²) in [6.45, 7) is 3.35. The van der Waals surface area contributed by atoms with Crippen molar-refractivity contribution in [2.75, 3.05) is 6.61 Å². The second kappa shape index (κ2) is 7.90. The Morgan fingerprint density at radius 3 is 2.79 bits per heavy atom. The van der Waals surface area contributed by atoms with Gasteiger partial charge in [-0.1, -0.05) is 12.1 Å². The Balaban J connectivity index is 2.08. The molecule has 2 aromatic rings. The molecule has 0 bridgehead atoms. The minimum atomic E-state index is -0.916. The summed E-state index contributed by atoms with van der Waals surface area (Å²) in [6, 6.07) is 11.1. The van der Waals surface area contributed by atoms with Crippen LogP contribution in [0, 0.1) is 21.4 Å². The fraction of sp³-hybridized carbons (Fsp3) is 0.200. The topological polar surface area (TPSA) is 142 Å². The molecule has 0 aliphatic carbocycles. The van der Waals surface area contributed by atoms with Gasteiger partial charge in [-0.2, -0.15) is 5.26 Å². The van der Waals surface area contributed by atoms with Crippen molar-refractivity contribution in [3.05, 3.63) is 75.1 Å². The summed E-state index contributed by atoms with van der Waals surface area (Å²) >= 11 is 0. The second-order valence-electron chi connectivity index (χ2n) is 6.12. The molecule has 0 fully saturated rings. The maximum Gasteiger partial charge on any atom is 0.338 e. The van der Waals surface area contributed by atoms with Gasteiger partial charge in [0.1, 0.15) is 28.9 Å². The standard InChI is InChI=1S/C20H17N3O6/c1-3-27-20(24)17-11(2)28-19(22)14(10-21)18(17)16-8-7-15(29-16)12-5-4-6-13(9-12)23(25)26/h4-9,18H,3,22H2,1-2H3/t18-/m0/s1. The molecule has 1 atom stereocenters. The van der Waals surface area contributed by atoms with Gasteiger partial charge in [-0.3, -0.25) is 10.1 Å². The summed E-state index contributed by atoms with van der Waals surface area (Å²) in [5.41, 5.74) is 6.36. The molecule has 0 saturated heterocycles. The predicted octanol–water partition coefficient (Wildman–Crippen LogP) is 3.50. The average molecular weight is 395 g/mol. The van der Waals surface area contributed by atoms with Gasteiger partial charge in [0.15, 0.2) is 0 Å². The number of esters is 1. The van der Waals surface area contributed by atoms with E-state index in [9.17, 15) is 20.2 Å². The summed E-state index contributed by atoms with van der Waals surface area (Å²) in [6.07, 6.45) is 0. The first-order valence-electron chi connectivity index (χ1n) is 8.67. The number of carbonyl (C=O) groups is 1. The number of nitrogens with zero attached hydrogens (tertiary/aromatic N) is 2. The molecule has 2 heterocycles. The number of nitro benzene ring substituents is 1. The van der Waals surface area contributed by atoms with E-state index in [1.165, 1.54) is 18.2 Å². The Hall–Kier alpha value is -4.06. The molecule has 1 aliphatic rings. The highest BCUT2D eigenvalue weighted by Gasteiger charge is 2.38. The summed E-state index contributed by atoms with van der Waals surface area (Å²) in [4.78, 5) is 23.0. The highest BCUT2D eigenvalue weighted by molar-refractivity contribution is 5.92. The number of nitriles is 1. The molecule has 1 aromatic heterocycles. The molecule has 0 radical (unpaired) electrons. The smallest absolute Gasteiger partial charge is 0.338 e.